The van der Waals surface area contributed by atoms with Crippen LogP contribution in [0.3, 0.4) is 0 Å². The summed E-state index contributed by atoms with van der Waals surface area (Å²) < 4.78 is 15.1. The van der Waals surface area contributed by atoms with Gasteiger partial charge in [0, 0.05) is 0 Å². The maximum absolute atomic E-state index is 11.2. The van der Waals surface area contributed by atoms with Crippen LogP contribution < -0.4 is 0 Å². The summed E-state index contributed by atoms with van der Waals surface area (Å²) >= 11 is 0. The minimum absolute atomic E-state index is 0.286. The van der Waals surface area contributed by atoms with Crippen LogP contribution in [0.5, 0.6) is 0 Å². The molecule has 1 aromatic rings. The molecule has 2 rings (SSSR count). The van der Waals surface area contributed by atoms with E-state index in [1.807, 2.05) is 12.1 Å². The Morgan fingerprint density at radius 1 is 1.44 bits per heavy atom. The van der Waals surface area contributed by atoms with Crippen molar-refractivity contribution in [2.45, 2.75) is 12.7 Å². The van der Waals surface area contributed by atoms with Gasteiger partial charge in [0.1, 0.15) is 6.10 Å². The van der Waals surface area contributed by atoms with Gasteiger partial charge >= 0.3 is 5.97 Å². The standard InChI is InChI=1S/C12H14O4/c1-14-12(13)10-4-2-9(3-5-10)6-15-7-11-8-16-11/h2-5,11H,6-8H2,1H3. The largest absolute Gasteiger partial charge is 0.465 e. The third-order valence-corrected chi connectivity index (χ3v) is 2.35. The monoisotopic (exact) mass is 222 g/mol. The van der Waals surface area contributed by atoms with E-state index in [-0.39, 0.29) is 12.1 Å². The Labute approximate surface area is 94.1 Å². The number of hydrogen-bond donors (Lipinski definition) is 0. The van der Waals surface area contributed by atoms with Crippen molar-refractivity contribution in [3.63, 3.8) is 0 Å². The predicted molar refractivity (Wildman–Crippen MR) is 57.2 cm³/mol. The summed E-state index contributed by atoms with van der Waals surface area (Å²) in [4.78, 5) is 11.2. The number of benzene rings is 1. The minimum Gasteiger partial charge on any atom is -0.465 e. The topological polar surface area (TPSA) is 48.1 Å². The highest BCUT2D eigenvalue weighted by molar-refractivity contribution is 5.89. The molecular formula is C12H14O4. The molecule has 0 saturated carbocycles. The average molecular weight is 222 g/mol. The van der Waals surface area contributed by atoms with E-state index in [1.165, 1.54) is 7.11 Å². The third-order valence-electron chi connectivity index (χ3n) is 2.35. The zero-order valence-corrected chi connectivity index (χ0v) is 9.14. The Hall–Kier alpha value is -1.39. The Morgan fingerprint density at radius 2 is 2.12 bits per heavy atom. The van der Waals surface area contributed by atoms with E-state index in [1.54, 1.807) is 12.1 Å². The summed E-state index contributed by atoms with van der Waals surface area (Å²) in [5.74, 6) is -0.321. The van der Waals surface area contributed by atoms with Gasteiger partial charge in [0.05, 0.1) is 32.5 Å². The molecule has 4 nitrogen and oxygen atoms in total. The molecule has 1 aliphatic heterocycles. The quantitative estimate of drug-likeness (QED) is 0.558. The van der Waals surface area contributed by atoms with Gasteiger partial charge in [-0.3, -0.25) is 0 Å². The van der Waals surface area contributed by atoms with Crippen molar-refractivity contribution in [3.05, 3.63) is 35.4 Å². The smallest absolute Gasteiger partial charge is 0.337 e. The molecule has 1 saturated heterocycles. The highest BCUT2D eigenvalue weighted by Gasteiger charge is 2.22. The molecule has 1 fully saturated rings. The molecule has 4 heteroatoms. The highest BCUT2D eigenvalue weighted by Crippen LogP contribution is 2.11. The summed E-state index contributed by atoms with van der Waals surface area (Å²) in [7, 11) is 1.37. The van der Waals surface area contributed by atoms with E-state index in [0.29, 0.717) is 18.8 Å². The second-order valence-corrected chi connectivity index (χ2v) is 3.66. The number of rotatable bonds is 5. The van der Waals surface area contributed by atoms with Crippen LogP contribution >= 0.6 is 0 Å². The Morgan fingerprint density at radius 3 is 2.69 bits per heavy atom. The zero-order valence-electron chi connectivity index (χ0n) is 9.14. The maximum Gasteiger partial charge on any atom is 0.337 e. The van der Waals surface area contributed by atoms with Crippen molar-refractivity contribution in [1.29, 1.82) is 0 Å². The fourth-order valence-electron chi connectivity index (χ4n) is 1.33. The summed E-state index contributed by atoms with van der Waals surface area (Å²) in [6.45, 7) is 1.99. The number of epoxide rings is 1. The Balaban J connectivity index is 1.83. The SMILES string of the molecule is COC(=O)c1ccc(COCC2CO2)cc1. The van der Waals surface area contributed by atoms with Crippen LogP contribution in [0.15, 0.2) is 24.3 Å². The van der Waals surface area contributed by atoms with Crippen molar-refractivity contribution in [2.24, 2.45) is 0 Å². The maximum atomic E-state index is 11.2. The van der Waals surface area contributed by atoms with Crippen LogP contribution in [0.1, 0.15) is 15.9 Å². The van der Waals surface area contributed by atoms with Gasteiger partial charge in [-0.15, -0.1) is 0 Å². The summed E-state index contributed by atoms with van der Waals surface area (Å²) in [5, 5.41) is 0. The van der Waals surface area contributed by atoms with Gasteiger partial charge in [0.25, 0.3) is 0 Å². The van der Waals surface area contributed by atoms with E-state index < -0.39 is 0 Å². The molecule has 16 heavy (non-hydrogen) atoms. The first-order valence-corrected chi connectivity index (χ1v) is 5.16. The molecule has 1 unspecified atom stereocenters. The molecule has 1 heterocycles. The van der Waals surface area contributed by atoms with Crippen molar-refractivity contribution in [1.82, 2.24) is 0 Å². The van der Waals surface area contributed by atoms with Crippen LogP contribution in [-0.2, 0) is 20.8 Å². The van der Waals surface area contributed by atoms with E-state index in [9.17, 15) is 4.79 Å². The van der Waals surface area contributed by atoms with Crippen molar-refractivity contribution in [3.8, 4) is 0 Å². The molecule has 1 aliphatic rings. The second kappa shape index (κ2) is 5.09. The first kappa shape index (κ1) is 11.1. The average Bonchev–Trinajstić information content (AvgIpc) is 3.13. The lowest BCUT2D eigenvalue weighted by atomic mass is 10.1. The third kappa shape index (κ3) is 3.05. The molecule has 0 amide bonds. The number of hydrogen-bond acceptors (Lipinski definition) is 4. The van der Waals surface area contributed by atoms with Crippen molar-refractivity contribution >= 4 is 5.97 Å². The molecule has 0 aliphatic carbocycles. The van der Waals surface area contributed by atoms with Gasteiger partial charge in [-0.25, -0.2) is 4.79 Å². The van der Waals surface area contributed by atoms with Crippen LogP contribution in [0.2, 0.25) is 0 Å². The number of carbonyl (C=O) groups is 1. The van der Waals surface area contributed by atoms with E-state index in [4.69, 9.17) is 9.47 Å². The summed E-state index contributed by atoms with van der Waals surface area (Å²) in [5.41, 5.74) is 1.59. The van der Waals surface area contributed by atoms with Crippen LogP contribution in [-0.4, -0.2) is 32.4 Å². The molecule has 1 atom stereocenters. The predicted octanol–water partition coefficient (Wildman–Crippen LogP) is 1.39. The van der Waals surface area contributed by atoms with Gasteiger partial charge in [-0.05, 0) is 17.7 Å². The number of methoxy groups -OCH3 is 1. The number of esters is 1. The second-order valence-electron chi connectivity index (χ2n) is 3.66. The summed E-state index contributed by atoms with van der Waals surface area (Å²) in [6.07, 6.45) is 0.286. The van der Waals surface area contributed by atoms with E-state index in [2.05, 4.69) is 4.74 Å². The van der Waals surface area contributed by atoms with Gasteiger partial charge in [0.2, 0.25) is 0 Å². The lowest BCUT2D eigenvalue weighted by Gasteiger charge is -2.03. The molecule has 0 radical (unpaired) electrons. The van der Waals surface area contributed by atoms with Crippen molar-refractivity contribution in [2.75, 3.05) is 20.3 Å². The zero-order chi connectivity index (χ0) is 11.4. The minimum atomic E-state index is -0.321. The lowest BCUT2D eigenvalue weighted by molar-refractivity contribution is 0.0600. The fourth-order valence-corrected chi connectivity index (χ4v) is 1.33. The van der Waals surface area contributed by atoms with Gasteiger partial charge in [-0.1, -0.05) is 12.1 Å². The molecule has 0 spiro atoms. The van der Waals surface area contributed by atoms with E-state index >= 15 is 0 Å². The molecule has 1 aromatic carbocycles. The molecule has 0 N–H and O–H groups in total. The highest BCUT2D eigenvalue weighted by atomic mass is 16.6. The molecular weight excluding hydrogens is 208 g/mol. The first-order chi connectivity index (χ1) is 7.79. The molecule has 0 bridgehead atoms. The lowest BCUT2D eigenvalue weighted by Crippen LogP contribution is -2.03. The van der Waals surface area contributed by atoms with Crippen LogP contribution in [0.25, 0.3) is 0 Å². The fraction of sp³-hybridized carbons (Fsp3) is 0.417. The molecule has 0 aromatic heterocycles. The van der Waals surface area contributed by atoms with E-state index in [0.717, 1.165) is 12.2 Å². The molecule has 86 valence electrons. The summed E-state index contributed by atoms with van der Waals surface area (Å²) in [6, 6.07) is 7.19. The normalized spacial score (nSPS) is 18.2. The van der Waals surface area contributed by atoms with Crippen LogP contribution in [0, 0.1) is 0 Å². The number of carbonyl (C=O) groups excluding carboxylic acids is 1. The van der Waals surface area contributed by atoms with Gasteiger partial charge in [-0.2, -0.15) is 0 Å². The van der Waals surface area contributed by atoms with Gasteiger partial charge in [0.15, 0.2) is 0 Å². The van der Waals surface area contributed by atoms with Crippen molar-refractivity contribution < 1.29 is 19.0 Å². The van der Waals surface area contributed by atoms with Gasteiger partial charge < -0.3 is 14.2 Å². The Bertz CT molecular complexity index is 354. The Kier molecular flexibility index (Phi) is 3.54. The van der Waals surface area contributed by atoms with Crippen LogP contribution in [0.4, 0.5) is 0 Å². The first-order valence-electron chi connectivity index (χ1n) is 5.16. The number of ether oxygens (including phenoxy) is 3.